The van der Waals surface area contributed by atoms with E-state index in [4.69, 9.17) is 20.8 Å². The van der Waals surface area contributed by atoms with Gasteiger partial charge >= 0.3 is 0 Å². The molecule has 1 aliphatic rings. The lowest BCUT2D eigenvalue weighted by Crippen LogP contribution is -2.45. The predicted molar refractivity (Wildman–Crippen MR) is 123 cm³/mol. The first-order valence-corrected chi connectivity index (χ1v) is 11.0. The van der Waals surface area contributed by atoms with Crippen LogP contribution in [0.3, 0.4) is 0 Å². The average Bonchev–Trinajstić information content (AvgIpc) is 3.42. The zero-order chi connectivity index (χ0) is 23.4. The van der Waals surface area contributed by atoms with Gasteiger partial charge in [-0.2, -0.15) is 0 Å². The number of ether oxygens (including phenoxy) is 1. The predicted octanol–water partition coefficient (Wildman–Crippen LogP) is 4.24. The minimum Gasteiger partial charge on any atom is -0.494 e. The molecule has 2 heterocycles. The Morgan fingerprint density at radius 3 is 2.48 bits per heavy atom. The van der Waals surface area contributed by atoms with Crippen LogP contribution >= 0.6 is 11.6 Å². The van der Waals surface area contributed by atoms with Gasteiger partial charge in [0.25, 0.3) is 5.91 Å². The molecule has 1 unspecified atom stereocenters. The summed E-state index contributed by atoms with van der Waals surface area (Å²) in [5.74, 6) is 0.0835. The maximum Gasteiger partial charge on any atom is 0.257 e. The maximum absolute atomic E-state index is 13.3. The number of halogens is 1. The van der Waals surface area contributed by atoms with Gasteiger partial charge in [0.1, 0.15) is 17.6 Å². The summed E-state index contributed by atoms with van der Waals surface area (Å²) in [6.45, 7) is 2.47. The van der Waals surface area contributed by atoms with Gasteiger partial charge in [0.15, 0.2) is 0 Å². The van der Waals surface area contributed by atoms with Crippen LogP contribution in [0.2, 0.25) is 5.02 Å². The monoisotopic (exact) mass is 466 g/mol. The van der Waals surface area contributed by atoms with E-state index in [-0.39, 0.29) is 31.2 Å². The molecule has 0 bridgehead atoms. The molecule has 0 radical (unpaired) electrons. The molecule has 1 saturated heterocycles. The fraction of sp³-hybridized carbons (Fsp3) is 0.240. The molecule has 1 atom stereocenters. The van der Waals surface area contributed by atoms with Crippen molar-refractivity contribution in [1.29, 1.82) is 0 Å². The molecule has 170 valence electrons. The van der Waals surface area contributed by atoms with E-state index in [0.717, 1.165) is 10.5 Å². The highest BCUT2D eigenvalue weighted by molar-refractivity contribution is 6.30. The van der Waals surface area contributed by atoms with E-state index in [0.29, 0.717) is 28.8 Å². The molecule has 0 N–H and O–H groups in total. The third kappa shape index (κ3) is 5.09. The number of imide groups is 1. The number of hydrogen-bond donors (Lipinski definition) is 0. The third-order valence-corrected chi connectivity index (χ3v) is 5.65. The Balaban J connectivity index is 1.58. The van der Waals surface area contributed by atoms with Gasteiger partial charge in [-0.05, 0) is 61.0 Å². The quantitative estimate of drug-likeness (QED) is 0.464. The summed E-state index contributed by atoms with van der Waals surface area (Å²) in [6.07, 6.45) is 1.48. The fourth-order valence-electron chi connectivity index (χ4n) is 3.81. The first-order chi connectivity index (χ1) is 16.0. The minimum atomic E-state index is -0.922. The number of rotatable bonds is 8. The van der Waals surface area contributed by atoms with Gasteiger partial charge < -0.3 is 14.1 Å². The van der Waals surface area contributed by atoms with Crippen molar-refractivity contribution in [3.05, 3.63) is 83.3 Å². The molecule has 7 nitrogen and oxygen atoms in total. The van der Waals surface area contributed by atoms with E-state index >= 15 is 0 Å². The molecule has 0 spiro atoms. The zero-order valence-corrected chi connectivity index (χ0v) is 18.8. The van der Waals surface area contributed by atoms with E-state index in [9.17, 15) is 14.4 Å². The largest absolute Gasteiger partial charge is 0.494 e. The van der Waals surface area contributed by atoms with Crippen LogP contribution in [0.25, 0.3) is 0 Å². The van der Waals surface area contributed by atoms with Crippen LogP contribution in [0.1, 0.15) is 24.7 Å². The normalized spacial score (nSPS) is 15.7. The Morgan fingerprint density at radius 2 is 1.85 bits per heavy atom. The Labute approximate surface area is 196 Å². The molecule has 1 aromatic heterocycles. The van der Waals surface area contributed by atoms with Gasteiger partial charge in [-0.25, -0.2) is 4.90 Å². The topological polar surface area (TPSA) is 80.1 Å². The van der Waals surface area contributed by atoms with Crippen LogP contribution < -0.4 is 9.64 Å². The van der Waals surface area contributed by atoms with Gasteiger partial charge in [0.05, 0.1) is 37.9 Å². The second-order valence-electron chi connectivity index (χ2n) is 7.62. The Morgan fingerprint density at radius 1 is 1.12 bits per heavy atom. The number of amides is 3. The lowest BCUT2D eigenvalue weighted by Gasteiger charge is -2.27. The molecule has 8 heteroatoms. The number of benzene rings is 2. The number of anilines is 1. The lowest BCUT2D eigenvalue weighted by atomic mass is 10.1. The maximum atomic E-state index is 13.3. The summed E-state index contributed by atoms with van der Waals surface area (Å²) in [5, 5.41) is 0.571. The van der Waals surface area contributed by atoms with Crippen molar-refractivity contribution in [2.45, 2.75) is 32.4 Å². The highest BCUT2D eigenvalue weighted by atomic mass is 35.5. The van der Waals surface area contributed by atoms with Crippen LogP contribution in [0.4, 0.5) is 5.69 Å². The SMILES string of the molecule is CCOc1ccc(N2C(=O)CC(N(Cc3ccco3)C(=O)Cc3ccc(Cl)cc3)C2=O)cc1. The van der Waals surface area contributed by atoms with Crippen LogP contribution in [0, 0.1) is 0 Å². The van der Waals surface area contributed by atoms with Crippen LogP contribution in [-0.2, 0) is 27.3 Å². The van der Waals surface area contributed by atoms with E-state index in [2.05, 4.69) is 0 Å². The average molecular weight is 467 g/mol. The van der Waals surface area contributed by atoms with Crippen LogP contribution in [0.15, 0.2) is 71.3 Å². The highest BCUT2D eigenvalue weighted by Gasteiger charge is 2.44. The van der Waals surface area contributed by atoms with Crippen LogP contribution in [0.5, 0.6) is 5.75 Å². The van der Waals surface area contributed by atoms with E-state index in [1.54, 1.807) is 60.7 Å². The molecule has 1 aliphatic heterocycles. The second kappa shape index (κ2) is 9.92. The van der Waals surface area contributed by atoms with Crippen molar-refractivity contribution in [2.24, 2.45) is 0 Å². The smallest absolute Gasteiger partial charge is 0.257 e. The van der Waals surface area contributed by atoms with Gasteiger partial charge in [-0.15, -0.1) is 0 Å². The molecule has 33 heavy (non-hydrogen) atoms. The molecule has 3 amide bonds. The third-order valence-electron chi connectivity index (χ3n) is 5.40. The van der Waals surface area contributed by atoms with E-state index < -0.39 is 11.9 Å². The van der Waals surface area contributed by atoms with Gasteiger partial charge in [-0.1, -0.05) is 23.7 Å². The summed E-state index contributed by atoms with van der Waals surface area (Å²) in [5.41, 5.74) is 1.20. The minimum absolute atomic E-state index is 0.0684. The molecule has 1 fully saturated rings. The van der Waals surface area contributed by atoms with Gasteiger partial charge in [-0.3, -0.25) is 14.4 Å². The number of hydrogen-bond acceptors (Lipinski definition) is 5. The van der Waals surface area contributed by atoms with Gasteiger partial charge in [0.2, 0.25) is 11.8 Å². The summed E-state index contributed by atoms with van der Waals surface area (Å²) in [6, 6.07) is 16.2. The number of carbonyl (C=O) groups excluding carboxylic acids is 3. The second-order valence-corrected chi connectivity index (χ2v) is 8.05. The van der Waals surface area contributed by atoms with Crippen molar-refractivity contribution in [1.82, 2.24) is 4.90 Å². The van der Waals surface area contributed by atoms with E-state index in [1.807, 2.05) is 6.92 Å². The zero-order valence-electron chi connectivity index (χ0n) is 18.1. The Bertz CT molecular complexity index is 1130. The highest BCUT2D eigenvalue weighted by Crippen LogP contribution is 2.29. The van der Waals surface area contributed by atoms with Crippen molar-refractivity contribution in [2.75, 3.05) is 11.5 Å². The summed E-state index contributed by atoms with van der Waals surface area (Å²) in [4.78, 5) is 42.0. The number of furan rings is 1. The summed E-state index contributed by atoms with van der Waals surface area (Å²) >= 11 is 5.94. The summed E-state index contributed by atoms with van der Waals surface area (Å²) in [7, 11) is 0. The molecule has 0 saturated carbocycles. The molecule has 4 rings (SSSR count). The molecular formula is C25H23ClN2O5. The number of nitrogens with zero attached hydrogens (tertiary/aromatic N) is 2. The molecule has 3 aromatic rings. The first-order valence-electron chi connectivity index (χ1n) is 10.6. The molecule has 0 aliphatic carbocycles. The van der Waals surface area contributed by atoms with E-state index in [1.165, 1.54) is 11.2 Å². The van der Waals surface area contributed by atoms with Crippen molar-refractivity contribution < 1.29 is 23.5 Å². The Hall–Kier alpha value is -3.58. The fourth-order valence-corrected chi connectivity index (χ4v) is 3.94. The molecular weight excluding hydrogens is 444 g/mol. The van der Waals surface area contributed by atoms with Crippen molar-refractivity contribution in [3.63, 3.8) is 0 Å². The summed E-state index contributed by atoms with van der Waals surface area (Å²) < 4.78 is 10.8. The van der Waals surface area contributed by atoms with Crippen molar-refractivity contribution >= 4 is 35.0 Å². The standard InChI is InChI=1S/C25H23ClN2O5/c1-2-32-20-11-9-19(10-12-20)28-24(30)15-22(25(28)31)27(16-21-4-3-13-33-21)23(29)14-17-5-7-18(26)8-6-17/h3-13,22H,2,14-16H2,1H3. The van der Waals surface area contributed by atoms with Gasteiger partial charge in [0, 0.05) is 5.02 Å². The van der Waals surface area contributed by atoms with Crippen LogP contribution in [-0.4, -0.2) is 35.3 Å². The lowest BCUT2D eigenvalue weighted by molar-refractivity contribution is -0.138. The Kier molecular flexibility index (Phi) is 6.79. The number of carbonyl (C=O) groups is 3. The first kappa shape index (κ1) is 22.6. The molecule has 2 aromatic carbocycles. The van der Waals surface area contributed by atoms with Crippen molar-refractivity contribution in [3.8, 4) is 5.75 Å².